The number of hydrogen-bond acceptors (Lipinski definition) is 4. The number of methoxy groups -OCH3 is 1. The summed E-state index contributed by atoms with van der Waals surface area (Å²) in [6, 6.07) is 20.7. The van der Waals surface area contributed by atoms with Crippen molar-refractivity contribution in [1.29, 1.82) is 0 Å². The maximum absolute atomic E-state index is 13.6. The second-order valence-electron chi connectivity index (χ2n) is 7.03. The second kappa shape index (κ2) is 7.91. The Labute approximate surface area is 183 Å². The van der Waals surface area contributed by atoms with Gasteiger partial charge in [0.2, 0.25) is 0 Å². The molecule has 7 heteroatoms. The molecule has 0 radical (unpaired) electrons. The first kappa shape index (κ1) is 20.7. The summed E-state index contributed by atoms with van der Waals surface area (Å²) in [6.07, 6.45) is -1.14. The number of hydrogen-bond donors (Lipinski definition) is 1. The summed E-state index contributed by atoms with van der Waals surface area (Å²) in [6.45, 7) is 1.90. The van der Waals surface area contributed by atoms with Crippen LogP contribution in [0.25, 0.3) is 10.9 Å². The zero-order valence-electron chi connectivity index (χ0n) is 16.4. The molecular formula is C23H20BrNO4S. The van der Waals surface area contributed by atoms with Crippen LogP contribution in [0.2, 0.25) is 0 Å². The quantitative estimate of drug-likeness (QED) is 0.429. The van der Waals surface area contributed by atoms with Gasteiger partial charge in [0.15, 0.2) is 0 Å². The number of fused-ring (bicyclic) bond motifs is 1. The van der Waals surface area contributed by atoms with E-state index in [1.54, 1.807) is 73.8 Å². The van der Waals surface area contributed by atoms with E-state index in [-0.39, 0.29) is 10.6 Å². The molecular weight excluding hydrogens is 466 g/mol. The van der Waals surface area contributed by atoms with E-state index in [9.17, 15) is 13.5 Å². The lowest BCUT2D eigenvalue weighted by molar-refractivity contribution is 0.214. The predicted molar refractivity (Wildman–Crippen MR) is 120 cm³/mol. The van der Waals surface area contributed by atoms with Gasteiger partial charge in [0, 0.05) is 9.86 Å². The van der Waals surface area contributed by atoms with Gasteiger partial charge in [-0.15, -0.1) is 0 Å². The molecule has 0 saturated carbocycles. The summed E-state index contributed by atoms with van der Waals surface area (Å²) in [5.74, 6) is 0.655. The van der Waals surface area contributed by atoms with Crippen molar-refractivity contribution in [3.05, 3.63) is 94.1 Å². The third-order valence-electron chi connectivity index (χ3n) is 5.02. The van der Waals surface area contributed by atoms with Gasteiger partial charge < -0.3 is 9.84 Å². The summed E-state index contributed by atoms with van der Waals surface area (Å²) < 4.78 is 34.4. The lowest BCUT2D eigenvalue weighted by Gasteiger charge is -2.17. The van der Waals surface area contributed by atoms with Crippen LogP contribution in [0.3, 0.4) is 0 Å². The SMILES string of the molecule is COc1ccc(C(O)c2cc3cc(Br)ccc3n2S(=O)(=O)c2ccc(C)cc2)cc1. The number of aryl methyl sites for hydroxylation is 1. The monoisotopic (exact) mass is 485 g/mol. The first-order valence-corrected chi connectivity index (χ1v) is 11.5. The first-order chi connectivity index (χ1) is 14.3. The van der Waals surface area contributed by atoms with Gasteiger partial charge in [-0.2, -0.15) is 0 Å². The second-order valence-corrected chi connectivity index (χ2v) is 9.73. The summed E-state index contributed by atoms with van der Waals surface area (Å²) in [7, 11) is -2.37. The normalized spacial score (nSPS) is 12.8. The molecule has 30 heavy (non-hydrogen) atoms. The van der Waals surface area contributed by atoms with Gasteiger partial charge in [0.05, 0.1) is 23.2 Å². The van der Waals surface area contributed by atoms with Crippen molar-refractivity contribution in [3.63, 3.8) is 0 Å². The maximum atomic E-state index is 13.6. The Balaban J connectivity index is 1.94. The molecule has 0 spiro atoms. The fourth-order valence-electron chi connectivity index (χ4n) is 3.41. The van der Waals surface area contributed by atoms with Crippen molar-refractivity contribution in [2.45, 2.75) is 17.9 Å². The van der Waals surface area contributed by atoms with E-state index in [4.69, 9.17) is 4.74 Å². The molecule has 0 aliphatic heterocycles. The van der Waals surface area contributed by atoms with Crippen LogP contribution >= 0.6 is 15.9 Å². The standard InChI is InChI=1S/C23H20BrNO4S/c1-15-3-10-20(11-4-15)30(27,28)25-21-12-7-18(24)13-17(21)14-22(25)23(26)16-5-8-19(29-2)9-6-16/h3-14,23,26H,1-2H3. The molecule has 1 aromatic heterocycles. The van der Waals surface area contributed by atoms with Crippen molar-refractivity contribution in [1.82, 2.24) is 3.97 Å². The number of ether oxygens (including phenoxy) is 1. The third kappa shape index (κ3) is 3.64. The molecule has 5 nitrogen and oxygen atoms in total. The number of aromatic nitrogens is 1. The van der Waals surface area contributed by atoms with Crippen molar-refractivity contribution in [2.75, 3.05) is 7.11 Å². The topological polar surface area (TPSA) is 68.5 Å². The van der Waals surface area contributed by atoms with Gasteiger partial charge in [-0.1, -0.05) is 45.8 Å². The highest BCUT2D eigenvalue weighted by Crippen LogP contribution is 2.34. The molecule has 1 heterocycles. The zero-order valence-corrected chi connectivity index (χ0v) is 18.8. The molecule has 4 rings (SSSR count). The van der Waals surface area contributed by atoms with Gasteiger partial charge in [-0.25, -0.2) is 12.4 Å². The minimum atomic E-state index is -3.93. The van der Waals surface area contributed by atoms with Gasteiger partial charge in [0.1, 0.15) is 11.9 Å². The van der Waals surface area contributed by atoms with Crippen LogP contribution in [-0.4, -0.2) is 24.6 Å². The number of rotatable bonds is 5. The molecule has 0 aliphatic carbocycles. The molecule has 0 aliphatic rings. The van der Waals surface area contributed by atoms with E-state index >= 15 is 0 Å². The Morgan fingerprint density at radius 3 is 2.27 bits per heavy atom. The molecule has 0 bridgehead atoms. The number of halogens is 1. The van der Waals surface area contributed by atoms with Gasteiger partial charge >= 0.3 is 0 Å². The van der Waals surface area contributed by atoms with E-state index in [1.807, 2.05) is 13.0 Å². The lowest BCUT2D eigenvalue weighted by atomic mass is 10.1. The Hall–Kier alpha value is -2.61. The first-order valence-electron chi connectivity index (χ1n) is 9.26. The Kier molecular flexibility index (Phi) is 5.44. The minimum absolute atomic E-state index is 0.164. The smallest absolute Gasteiger partial charge is 0.268 e. The number of benzene rings is 3. The third-order valence-corrected chi connectivity index (χ3v) is 7.27. The fourth-order valence-corrected chi connectivity index (χ4v) is 5.34. The van der Waals surface area contributed by atoms with Crippen molar-refractivity contribution < 1.29 is 18.3 Å². The highest BCUT2D eigenvalue weighted by molar-refractivity contribution is 9.10. The summed E-state index contributed by atoms with van der Waals surface area (Å²) in [5.41, 5.74) is 2.31. The highest BCUT2D eigenvalue weighted by atomic mass is 79.9. The molecule has 0 amide bonds. The number of nitrogens with zero attached hydrogens (tertiary/aromatic N) is 1. The molecule has 154 valence electrons. The van der Waals surface area contributed by atoms with E-state index in [0.29, 0.717) is 22.2 Å². The van der Waals surface area contributed by atoms with Crippen molar-refractivity contribution >= 4 is 36.9 Å². The lowest BCUT2D eigenvalue weighted by Crippen LogP contribution is -2.18. The average Bonchev–Trinajstić information content (AvgIpc) is 3.13. The summed E-state index contributed by atoms with van der Waals surface area (Å²) in [5, 5.41) is 11.8. The molecule has 3 aromatic carbocycles. The van der Waals surface area contributed by atoms with Crippen LogP contribution in [0.15, 0.2) is 82.2 Å². The summed E-state index contributed by atoms with van der Waals surface area (Å²) in [4.78, 5) is 0.164. The van der Waals surface area contributed by atoms with Crippen LogP contribution in [-0.2, 0) is 10.0 Å². The molecule has 0 saturated heterocycles. The van der Waals surface area contributed by atoms with Gasteiger partial charge in [-0.3, -0.25) is 0 Å². The van der Waals surface area contributed by atoms with E-state index in [0.717, 1.165) is 10.0 Å². The number of aliphatic hydroxyl groups excluding tert-OH is 1. The predicted octanol–water partition coefficient (Wildman–Crippen LogP) is 5.04. The van der Waals surface area contributed by atoms with Crippen LogP contribution < -0.4 is 4.74 Å². The van der Waals surface area contributed by atoms with Crippen molar-refractivity contribution in [2.24, 2.45) is 0 Å². The molecule has 4 aromatic rings. The van der Waals surface area contributed by atoms with E-state index in [1.165, 1.54) is 3.97 Å². The summed E-state index contributed by atoms with van der Waals surface area (Å²) >= 11 is 3.43. The number of aliphatic hydroxyl groups is 1. The molecule has 0 fully saturated rings. The van der Waals surface area contributed by atoms with Crippen LogP contribution in [0.4, 0.5) is 0 Å². The van der Waals surface area contributed by atoms with E-state index in [2.05, 4.69) is 15.9 Å². The average molecular weight is 486 g/mol. The van der Waals surface area contributed by atoms with Crippen LogP contribution in [0.5, 0.6) is 5.75 Å². The Morgan fingerprint density at radius 2 is 1.63 bits per heavy atom. The van der Waals surface area contributed by atoms with E-state index < -0.39 is 16.1 Å². The molecule has 1 atom stereocenters. The van der Waals surface area contributed by atoms with Crippen LogP contribution in [0.1, 0.15) is 22.9 Å². The molecule has 1 unspecified atom stereocenters. The van der Waals surface area contributed by atoms with Crippen LogP contribution in [0, 0.1) is 6.92 Å². The maximum Gasteiger partial charge on any atom is 0.268 e. The zero-order chi connectivity index (χ0) is 21.5. The highest BCUT2D eigenvalue weighted by Gasteiger charge is 2.27. The Morgan fingerprint density at radius 1 is 0.967 bits per heavy atom. The van der Waals surface area contributed by atoms with Gasteiger partial charge in [0.25, 0.3) is 10.0 Å². The van der Waals surface area contributed by atoms with Gasteiger partial charge in [-0.05, 0) is 61.0 Å². The van der Waals surface area contributed by atoms with Crippen molar-refractivity contribution in [3.8, 4) is 5.75 Å². The largest absolute Gasteiger partial charge is 0.497 e. The molecule has 1 N–H and O–H groups in total. The minimum Gasteiger partial charge on any atom is -0.497 e. The Bertz CT molecular complexity index is 1310. The fraction of sp³-hybridized carbons (Fsp3) is 0.130.